The predicted octanol–water partition coefficient (Wildman–Crippen LogP) is 6.70. The molecule has 3 N–H and O–H groups in total. The van der Waals surface area contributed by atoms with Crippen molar-refractivity contribution in [3.05, 3.63) is 91.3 Å². The van der Waals surface area contributed by atoms with E-state index in [1.807, 2.05) is 42.6 Å². The van der Waals surface area contributed by atoms with E-state index in [1.54, 1.807) is 24.5 Å². The molecule has 0 radical (unpaired) electrons. The van der Waals surface area contributed by atoms with Crippen molar-refractivity contribution >= 4 is 27.8 Å². The number of rotatable bonds is 6. The fourth-order valence-corrected chi connectivity index (χ4v) is 4.67. The predicted molar refractivity (Wildman–Crippen MR) is 143 cm³/mol. The van der Waals surface area contributed by atoms with Crippen LogP contribution >= 0.6 is 0 Å². The summed E-state index contributed by atoms with van der Waals surface area (Å²) < 4.78 is 14.6. The smallest absolute Gasteiger partial charge is 0.159 e. The first-order valence-electron chi connectivity index (χ1n) is 12.1. The Labute approximate surface area is 211 Å². The number of hydrogen-bond donors (Lipinski definition) is 3. The molecule has 0 spiro atoms. The van der Waals surface area contributed by atoms with Crippen molar-refractivity contribution < 1.29 is 4.39 Å². The molecule has 2 aromatic carbocycles. The van der Waals surface area contributed by atoms with Gasteiger partial charge in [-0.2, -0.15) is 5.10 Å². The van der Waals surface area contributed by atoms with Crippen LogP contribution in [-0.2, 0) is 0 Å². The molecule has 0 unspecified atom stereocenters. The summed E-state index contributed by atoms with van der Waals surface area (Å²) in [5.74, 6) is 0.848. The lowest BCUT2D eigenvalue weighted by Gasteiger charge is -2.09. The maximum atomic E-state index is 14.6. The number of halogens is 1. The van der Waals surface area contributed by atoms with Crippen molar-refractivity contribution in [1.82, 2.24) is 30.1 Å². The van der Waals surface area contributed by atoms with Crippen LogP contribution in [0.3, 0.4) is 0 Å². The van der Waals surface area contributed by atoms with E-state index < -0.39 is 0 Å². The molecule has 4 aromatic heterocycles. The number of aromatic nitrogens is 6. The summed E-state index contributed by atoms with van der Waals surface area (Å²) >= 11 is 0. The molecule has 0 bridgehead atoms. The number of para-hydroxylation sites is 1. The summed E-state index contributed by atoms with van der Waals surface area (Å²) in [5.41, 5.74) is 7.78. The lowest BCUT2D eigenvalue weighted by atomic mass is 10.0. The van der Waals surface area contributed by atoms with Crippen LogP contribution in [0.25, 0.3) is 55.8 Å². The Kier molecular flexibility index (Phi) is 4.85. The summed E-state index contributed by atoms with van der Waals surface area (Å²) in [6.07, 6.45) is 7.79. The number of anilines is 1. The molecule has 37 heavy (non-hydrogen) atoms. The van der Waals surface area contributed by atoms with Gasteiger partial charge in [0.1, 0.15) is 11.5 Å². The van der Waals surface area contributed by atoms with E-state index >= 15 is 0 Å². The number of pyridine rings is 2. The van der Waals surface area contributed by atoms with Crippen LogP contribution < -0.4 is 5.32 Å². The average molecular weight is 488 g/mol. The summed E-state index contributed by atoms with van der Waals surface area (Å²) in [7, 11) is 0. The van der Waals surface area contributed by atoms with Crippen molar-refractivity contribution in [2.75, 3.05) is 5.32 Å². The highest BCUT2D eigenvalue weighted by Gasteiger charge is 2.24. The minimum atomic E-state index is -0.287. The molecule has 6 aromatic rings. The Morgan fingerprint density at radius 3 is 2.68 bits per heavy atom. The maximum absolute atomic E-state index is 14.6. The monoisotopic (exact) mass is 487 g/mol. The third-order valence-electron chi connectivity index (χ3n) is 6.76. The molecule has 1 saturated carbocycles. The highest BCUT2D eigenvalue weighted by atomic mass is 19.1. The van der Waals surface area contributed by atoms with Crippen LogP contribution in [0.15, 0.2) is 85.5 Å². The van der Waals surface area contributed by atoms with E-state index in [0.29, 0.717) is 34.2 Å². The number of H-pyrrole nitrogens is 2. The molecule has 8 heteroatoms. The minimum Gasteiger partial charge on any atom is -0.358 e. The third-order valence-corrected chi connectivity index (χ3v) is 6.76. The van der Waals surface area contributed by atoms with Gasteiger partial charge in [-0.05, 0) is 43.0 Å². The van der Waals surface area contributed by atoms with E-state index in [9.17, 15) is 4.39 Å². The lowest BCUT2D eigenvalue weighted by Crippen LogP contribution is -2.00. The molecule has 0 atom stereocenters. The summed E-state index contributed by atoms with van der Waals surface area (Å²) in [6, 6.07) is 16.5. The third kappa shape index (κ3) is 3.83. The van der Waals surface area contributed by atoms with Gasteiger partial charge in [0.05, 0.1) is 28.3 Å². The highest BCUT2D eigenvalue weighted by molar-refractivity contribution is 5.97. The minimum absolute atomic E-state index is 0.287. The maximum Gasteiger partial charge on any atom is 0.159 e. The Balaban J connectivity index is 1.29. The number of nitrogens with one attached hydrogen (secondary N) is 3. The number of nitrogens with zero attached hydrogens (tertiary/aromatic N) is 4. The molecule has 0 amide bonds. The second-order valence-electron chi connectivity index (χ2n) is 9.35. The van der Waals surface area contributed by atoms with Gasteiger partial charge in [-0.1, -0.05) is 36.9 Å². The SMILES string of the molecule is C=C(Nc1cncc(-c2cnc3[nH]nc(-c4nc5c(-c6ccccc6F)cccc5[nH]4)c3c2)c1)C1CC1. The van der Waals surface area contributed by atoms with Gasteiger partial charge in [-0.25, -0.2) is 14.4 Å². The van der Waals surface area contributed by atoms with Crippen LogP contribution in [0.4, 0.5) is 10.1 Å². The number of hydrogen-bond acceptors (Lipinski definition) is 5. The van der Waals surface area contributed by atoms with E-state index in [4.69, 9.17) is 4.98 Å². The zero-order chi connectivity index (χ0) is 24.9. The van der Waals surface area contributed by atoms with E-state index in [2.05, 4.69) is 37.0 Å². The number of allylic oxidation sites excluding steroid dienone is 1. The molecule has 0 aliphatic heterocycles. The van der Waals surface area contributed by atoms with Crippen molar-refractivity contribution in [3.63, 3.8) is 0 Å². The zero-order valence-corrected chi connectivity index (χ0v) is 19.8. The quantitative estimate of drug-likeness (QED) is 0.243. The first-order chi connectivity index (χ1) is 18.1. The van der Waals surface area contributed by atoms with Crippen LogP contribution in [0.5, 0.6) is 0 Å². The number of fused-ring (bicyclic) bond motifs is 2. The first kappa shape index (κ1) is 21.4. The zero-order valence-electron chi connectivity index (χ0n) is 19.8. The average Bonchev–Trinajstić information content (AvgIpc) is 3.55. The molecule has 4 heterocycles. The summed E-state index contributed by atoms with van der Waals surface area (Å²) in [5, 5.41) is 11.7. The normalized spacial score (nSPS) is 13.3. The van der Waals surface area contributed by atoms with Gasteiger partial charge in [0.2, 0.25) is 0 Å². The van der Waals surface area contributed by atoms with E-state index in [-0.39, 0.29) is 5.82 Å². The number of imidazole rings is 1. The molecular weight excluding hydrogens is 465 g/mol. The van der Waals surface area contributed by atoms with Crippen LogP contribution in [0, 0.1) is 11.7 Å². The van der Waals surface area contributed by atoms with Crippen molar-refractivity contribution in [1.29, 1.82) is 0 Å². The van der Waals surface area contributed by atoms with E-state index in [0.717, 1.165) is 39.0 Å². The second kappa shape index (κ2) is 8.37. The van der Waals surface area contributed by atoms with Crippen molar-refractivity contribution in [2.24, 2.45) is 5.92 Å². The Morgan fingerprint density at radius 1 is 0.973 bits per heavy atom. The van der Waals surface area contributed by atoms with Crippen LogP contribution in [0.2, 0.25) is 0 Å². The van der Waals surface area contributed by atoms with Gasteiger partial charge in [0.25, 0.3) is 0 Å². The topological polar surface area (TPSA) is 95.2 Å². The Bertz CT molecular complexity index is 1810. The van der Waals surface area contributed by atoms with Crippen molar-refractivity contribution in [3.8, 4) is 33.8 Å². The van der Waals surface area contributed by atoms with Gasteiger partial charge >= 0.3 is 0 Å². The van der Waals surface area contributed by atoms with Gasteiger partial charge in [0, 0.05) is 40.3 Å². The van der Waals surface area contributed by atoms with Crippen LogP contribution in [-0.4, -0.2) is 30.1 Å². The standard InChI is InChI=1S/C29H22FN7/c1-16(17-9-10-17)33-20-11-18(13-31-15-20)19-12-23-27(36-37-28(23)32-14-19)29-34-25-8-4-6-22(26(25)35-29)21-5-2-3-7-24(21)30/h2-8,11-15,17,33H,1,9-10H2,(H,34,35)(H,32,36,37). The number of benzene rings is 2. The van der Waals surface area contributed by atoms with Gasteiger partial charge in [-0.3, -0.25) is 10.1 Å². The van der Waals surface area contributed by atoms with Crippen molar-refractivity contribution in [2.45, 2.75) is 12.8 Å². The summed E-state index contributed by atoms with van der Waals surface area (Å²) in [6.45, 7) is 4.15. The number of aromatic amines is 2. The molecule has 1 aliphatic carbocycles. The Morgan fingerprint density at radius 2 is 1.81 bits per heavy atom. The van der Waals surface area contributed by atoms with Crippen LogP contribution in [0.1, 0.15) is 12.8 Å². The fourth-order valence-electron chi connectivity index (χ4n) is 4.67. The Hall–Kier alpha value is -4.85. The van der Waals surface area contributed by atoms with Gasteiger partial charge in [0.15, 0.2) is 11.5 Å². The molecular formula is C29H22FN7. The summed E-state index contributed by atoms with van der Waals surface area (Å²) in [4.78, 5) is 17.2. The molecule has 7 rings (SSSR count). The lowest BCUT2D eigenvalue weighted by molar-refractivity contribution is 0.631. The van der Waals surface area contributed by atoms with E-state index in [1.165, 1.54) is 18.9 Å². The highest BCUT2D eigenvalue weighted by Crippen LogP contribution is 2.37. The van der Waals surface area contributed by atoms with Gasteiger partial charge in [-0.15, -0.1) is 0 Å². The molecule has 7 nitrogen and oxygen atoms in total. The second-order valence-corrected chi connectivity index (χ2v) is 9.35. The molecule has 180 valence electrons. The molecule has 1 aliphatic rings. The fraction of sp³-hybridized carbons (Fsp3) is 0.103. The first-order valence-corrected chi connectivity index (χ1v) is 12.1. The largest absolute Gasteiger partial charge is 0.358 e. The van der Waals surface area contributed by atoms with Gasteiger partial charge < -0.3 is 10.3 Å². The molecule has 0 saturated heterocycles. The molecule has 1 fully saturated rings.